The summed E-state index contributed by atoms with van der Waals surface area (Å²) < 4.78 is 0. The van der Waals surface area contributed by atoms with Gasteiger partial charge in [0.1, 0.15) is 0 Å². The van der Waals surface area contributed by atoms with Crippen LogP contribution in [0.25, 0.3) is 0 Å². The first-order valence-corrected chi connectivity index (χ1v) is 10.5. The molecule has 3 rings (SSSR count). The summed E-state index contributed by atoms with van der Waals surface area (Å²) in [6, 6.07) is 11.8. The van der Waals surface area contributed by atoms with Gasteiger partial charge in [0, 0.05) is 13.1 Å². The minimum atomic E-state index is -0.584. The summed E-state index contributed by atoms with van der Waals surface area (Å²) in [5.41, 5.74) is 2.19. The van der Waals surface area contributed by atoms with Crippen molar-refractivity contribution in [2.24, 2.45) is 0 Å². The molecule has 0 radical (unpaired) electrons. The zero-order chi connectivity index (χ0) is 18.9. The van der Waals surface area contributed by atoms with E-state index in [1.54, 1.807) is 11.3 Å². The van der Waals surface area contributed by atoms with Gasteiger partial charge in [-0.15, -0.1) is 0 Å². The third-order valence-corrected chi connectivity index (χ3v) is 5.67. The lowest BCUT2D eigenvalue weighted by molar-refractivity contribution is -0.139. The van der Waals surface area contributed by atoms with Gasteiger partial charge in [0.15, 0.2) is 0 Å². The van der Waals surface area contributed by atoms with Gasteiger partial charge in [-0.3, -0.25) is 14.5 Å². The smallest absolute Gasteiger partial charge is 0.309 e. The number of carbonyl (C=O) groups is 2. The van der Waals surface area contributed by atoms with Crippen LogP contribution in [-0.2, 0) is 16.1 Å². The van der Waals surface area contributed by atoms with Crippen molar-refractivity contribution in [1.29, 1.82) is 0 Å². The van der Waals surface area contributed by atoms with Crippen molar-refractivity contribution in [1.82, 2.24) is 15.5 Å². The highest BCUT2D eigenvalue weighted by Crippen LogP contribution is 2.25. The molecule has 144 valence electrons. The Morgan fingerprint density at radius 3 is 2.33 bits per heavy atom. The molecule has 0 spiro atoms. The quantitative estimate of drug-likeness (QED) is 0.751. The summed E-state index contributed by atoms with van der Waals surface area (Å²) in [6.45, 7) is 2.88. The van der Waals surface area contributed by atoms with Crippen LogP contribution in [-0.4, -0.2) is 36.3 Å². The molecule has 2 heterocycles. The number of hydrogen-bond donors (Lipinski definition) is 2. The highest BCUT2D eigenvalue weighted by atomic mass is 32.1. The van der Waals surface area contributed by atoms with Crippen LogP contribution >= 0.6 is 11.3 Å². The number of rotatable bonds is 6. The van der Waals surface area contributed by atoms with Crippen LogP contribution in [0.2, 0.25) is 0 Å². The Bertz CT molecular complexity index is 710. The van der Waals surface area contributed by atoms with Gasteiger partial charge in [0.05, 0.1) is 6.04 Å². The van der Waals surface area contributed by atoms with Gasteiger partial charge in [-0.05, 0) is 53.9 Å². The Morgan fingerprint density at radius 2 is 1.67 bits per heavy atom. The lowest BCUT2D eigenvalue weighted by atomic mass is 10.1. The van der Waals surface area contributed by atoms with E-state index in [9.17, 15) is 9.59 Å². The molecular weight excluding hydrogens is 358 g/mol. The van der Waals surface area contributed by atoms with E-state index < -0.39 is 11.8 Å². The molecule has 27 heavy (non-hydrogen) atoms. The van der Waals surface area contributed by atoms with Gasteiger partial charge >= 0.3 is 11.8 Å². The SMILES string of the molecule is O=C(NCc1ccccc1)C(=O)NC[C@@H](c1ccsc1)N1CCCCCC1. The summed E-state index contributed by atoms with van der Waals surface area (Å²) in [5, 5.41) is 9.72. The summed E-state index contributed by atoms with van der Waals surface area (Å²) in [4.78, 5) is 26.8. The first-order valence-electron chi connectivity index (χ1n) is 9.60. The number of amides is 2. The molecule has 1 aromatic heterocycles. The van der Waals surface area contributed by atoms with Gasteiger partial charge in [0.25, 0.3) is 0 Å². The van der Waals surface area contributed by atoms with Crippen LogP contribution < -0.4 is 10.6 Å². The monoisotopic (exact) mass is 385 g/mol. The minimum absolute atomic E-state index is 0.125. The number of carbonyl (C=O) groups excluding carboxylic acids is 2. The van der Waals surface area contributed by atoms with E-state index in [0.29, 0.717) is 13.1 Å². The maximum Gasteiger partial charge on any atom is 0.309 e. The van der Waals surface area contributed by atoms with E-state index in [1.165, 1.54) is 31.2 Å². The van der Waals surface area contributed by atoms with Crippen LogP contribution in [0.5, 0.6) is 0 Å². The molecule has 5 nitrogen and oxygen atoms in total. The number of thiophene rings is 1. The predicted molar refractivity (Wildman–Crippen MR) is 108 cm³/mol. The standard InChI is InChI=1S/C21H27N3O2S/c25-20(22-14-17-8-4-3-5-9-17)21(26)23-15-19(18-10-13-27-16-18)24-11-6-1-2-7-12-24/h3-5,8-10,13,16,19H,1-2,6-7,11-12,14-15H2,(H,22,25)(H,23,26)/t19-/m0/s1. The molecule has 2 N–H and O–H groups in total. The molecular formula is C21H27N3O2S. The number of likely N-dealkylation sites (tertiary alicyclic amines) is 1. The second-order valence-corrected chi connectivity index (χ2v) is 7.68. The predicted octanol–water partition coefficient (Wildman–Crippen LogP) is 3.10. The van der Waals surface area contributed by atoms with Crippen LogP contribution in [0.15, 0.2) is 47.2 Å². The number of hydrogen-bond acceptors (Lipinski definition) is 4. The third-order valence-electron chi connectivity index (χ3n) is 4.97. The molecule has 2 amide bonds. The van der Waals surface area contributed by atoms with E-state index in [-0.39, 0.29) is 6.04 Å². The van der Waals surface area contributed by atoms with Crippen LogP contribution in [0.4, 0.5) is 0 Å². The molecule has 0 unspecified atom stereocenters. The Balaban J connectivity index is 1.54. The summed E-state index contributed by atoms with van der Waals surface area (Å²) in [6.07, 6.45) is 4.90. The molecule has 0 aliphatic carbocycles. The Kier molecular flexibility index (Phi) is 7.42. The number of nitrogens with zero attached hydrogens (tertiary/aromatic N) is 1. The molecule has 0 bridgehead atoms. The van der Waals surface area contributed by atoms with Gasteiger partial charge in [-0.25, -0.2) is 0 Å². The molecule has 1 aromatic carbocycles. The Hall–Kier alpha value is -2.18. The molecule has 1 aliphatic rings. The molecule has 1 aliphatic heterocycles. The zero-order valence-corrected chi connectivity index (χ0v) is 16.3. The fourth-order valence-corrected chi connectivity index (χ4v) is 4.16. The first-order chi connectivity index (χ1) is 13.2. The molecule has 2 aromatic rings. The fraction of sp³-hybridized carbons (Fsp3) is 0.429. The van der Waals surface area contributed by atoms with Crippen LogP contribution in [0.1, 0.15) is 42.9 Å². The molecule has 0 saturated carbocycles. The van der Waals surface area contributed by atoms with Gasteiger partial charge in [0.2, 0.25) is 0 Å². The third kappa shape index (κ3) is 5.91. The van der Waals surface area contributed by atoms with Crippen molar-refractivity contribution in [2.75, 3.05) is 19.6 Å². The maximum atomic E-state index is 12.2. The summed E-state index contributed by atoms with van der Waals surface area (Å²) >= 11 is 1.66. The lowest BCUT2D eigenvalue weighted by Crippen LogP contribution is -2.44. The Morgan fingerprint density at radius 1 is 0.963 bits per heavy atom. The number of nitrogens with one attached hydrogen (secondary N) is 2. The van der Waals surface area contributed by atoms with Crippen LogP contribution in [0, 0.1) is 0 Å². The molecule has 1 fully saturated rings. The van der Waals surface area contributed by atoms with Crippen molar-refractivity contribution < 1.29 is 9.59 Å². The van der Waals surface area contributed by atoms with Gasteiger partial charge in [-0.2, -0.15) is 11.3 Å². The van der Waals surface area contributed by atoms with Crippen LogP contribution in [0.3, 0.4) is 0 Å². The fourth-order valence-electron chi connectivity index (χ4n) is 3.46. The van der Waals surface area contributed by atoms with Crippen molar-refractivity contribution >= 4 is 23.2 Å². The highest BCUT2D eigenvalue weighted by molar-refractivity contribution is 7.08. The van der Waals surface area contributed by atoms with Crippen molar-refractivity contribution in [3.8, 4) is 0 Å². The Labute approximate surface area is 164 Å². The van der Waals surface area contributed by atoms with E-state index in [2.05, 4.69) is 32.4 Å². The largest absolute Gasteiger partial charge is 0.346 e. The highest BCUT2D eigenvalue weighted by Gasteiger charge is 2.23. The molecule has 1 saturated heterocycles. The average molecular weight is 386 g/mol. The topological polar surface area (TPSA) is 61.4 Å². The van der Waals surface area contributed by atoms with Crippen molar-refractivity contribution in [3.63, 3.8) is 0 Å². The number of benzene rings is 1. The second-order valence-electron chi connectivity index (χ2n) is 6.90. The van der Waals surface area contributed by atoms with E-state index in [0.717, 1.165) is 18.7 Å². The van der Waals surface area contributed by atoms with Gasteiger partial charge in [-0.1, -0.05) is 43.2 Å². The van der Waals surface area contributed by atoms with Crippen molar-refractivity contribution in [2.45, 2.75) is 38.3 Å². The minimum Gasteiger partial charge on any atom is -0.346 e. The van der Waals surface area contributed by atoms with Crippen molar-refractivity contribution in [3.05, 3.63) is 58.3 Å². The summed E-state index contributed by atoms with van der Waals surface area (Å²) in [5.74, 6) is -1.15. The maximum absolute atomic E-state index is 12.2. The molecule has 6 heteroatoms. The first kappa shape index (κ1) is 19.6. The lowest BCUT2D eigenvalue weighted by Gasteiger charge is -2.30. The van der Waals surface area contributed by atoms with E-state index >= 15 is 0 Å². The zero-order valence-electron chi connectivity index (χ0n) is 15.5. The molecule has 1 atom stereocenters. The van der Waals surface area contributed by atoms with E-state index in [1.807, 2.05) is 30.3 Å². The average Bonchev–Trinajstić information content (AvgIpc) is 3.09. The summed E-state index contributed by atoms with van der Waals surface area (Å²) in [7, 11) is 0. The normalized spacial score (nSPS) is 16.3. The van der Waals surface area contributed by atoms with Gasteiger partial charge < -0.3 is 10.6 Å². The van der Waals surface area contributed by atoms with E-state index in [4.69, 9.17) is 0 Å². The second kappa shape index (κ2) is 10.2.